The van der Waals surface area contributed by atoms with Crippen LogP contribution in [0.5, 0.6) is 0 Å². The van der Waals surface area contributed by atoms with Gasteiger partial charge in [0.05, 0.1) is 11.1 Å². The van der Waals surface area contributed by atoms with Crippen molar-refractivity contribution in [3.63, 3.8) is 0 Å². The molecule has 0 spiro atoms. The molecule has 0 atom stereocenters. The summed E-state index contributed by atoms with van der Waals surface area (Å²) in [6.07, 6.45) is 2.01. The molecule has 1 aromatic rings. The van der Waals surface area contributed by atoms with Crippen molar-refractivity contribution < 1.29 is 23.9 Å². The van der Waals surface area contributed by atoms with Crippen molar-refractivity contribution in [3.05, 3.63) is 29.6 Å². The van der Waals surface area contributed by atoms with Gasteiger partial charge in [-0.15, -0.1) is 0 Å². The summed E-state index contributed by atoms with van der Waals surface area (Å²) in [5, 5.41) is 9.37. The van der Waals surface area contributed by atoms with E-state index in [4.69, 9.17) is 0 Å². The lowest BCUT2D eigenvalue weighted by Crippen LogP contribution is -2.51. The first-order valence-electron chi connectivity index (χ1n) is 8.89. The number of rotatable bonds is 5. The number of carboxylic acid groups (broad SMARTS) is 1. The quantitative estimate of drug-likeness (QED) is 0.814. The van der Waals surface area contributed by atoms with Crippen molar-refractivity contribution in [2.24, 2.45) is 5.41 Å². The number of piperazine rings is 1. The second-order valence-electron chi connectivity index (χ2n) is 7.21. The molecule has 1 aliphatic heterocycles. The summed E-state index contributed by atoms with van der Waals surface area (Å²) in [6.45, 7) is 3.21. The van der Waals surface area contributed by atoms with Crippen LogP contribution in [-0.2, 0) is 9.59 Å². The number of hydrogen-bond donors (Lipinski definition) is 1. The first-order chi connectivity index (χ1) is 12.3. The van der Waals surface area contributed by atoms with Gasteiger partial charge in [0.15, 0.2) is 5.78 Å². The van der Waals surface area contributed by atoms with E-state index in [0.717, 1.165) is 6.42 Å². The molecule has 0 unspecified atom stereocenters. The average molecular weight is 362 g/mol. The minimum absolute atomic E-state index is 0.0456. The molecule has 2 aliphatic rings. The number of hydrogen-bond acceptors (Lipinski definition) is 4. The smallest absolute Gasteiger partial charge is 0.310 e. The second kappa shape index (κ2) is 7.05. The fourth-order valence-electron chi connectivity index (χ4n) is 3.65. The highest BCUT2D eigenvalue weighted by Gasteiger charge is 2.46. The number of nitrogens with zero attached hydrogens (tertiary/aromatic N) is 2. The molecule has 1 saturated carbocycles. The van der Waals surface area contributed by atoms with Gasteiger partial charge >= 0.3 is 5.97 Å². The van der Waals surface area contributed by atoms with E-state index in [-0.39, 0.29) is 18.1 Å². The number of carbonyl (C=O) groups excluding carboxylic acids is 2. The maximum Gasteiger partial charge on any atom is 0.310 e. The SMILES string of the molecule is CC(=O)c1ccc(N2CCN(C(=O)CC3(C(=O)O)CCC3)CC2)c(F)c1. The van der Waals surface area contributed by atoms with Crippen LogP contribution in [0.15, 0.2) is 18.2 Å². The molecule has 2 fully saturated rings. The number of amides is 1. The molecule has 1 aromatic carbocycles. The van der Waals surface area contributed by atoms with Crippen molar-refractivity contribution in [3.8, 4) is 0 Å². The van der Waals surface area contributed by atoms with Crippen LogP contribution in [0.2, 0.25) is 0 Å². The van der Waals surface area contributed by atoms with Gasteiger partial charge in [-0.05, 0) is 38.0 Å². The number of ketones is 1. The largest absolute Gasteiger partial charge is 0.481 e. The molecule has 140 valence electrons. The molecule has 0 radical (unpaired) electrons. The van der Waals surface area contributed by atoms with Gasteiger partial charge in [-0.1, -0.05) is 6.42 Å². The summed E-state index contributed by atoms with van der Waals surface area (Å²) in [5.74, 6) is -1.66. The van der Waals surface area contributed by atoms with Crippen LogP contribution in [-0.4, -0.2) is 53.8 Å². The number of benzene rings is 1. The maximum absolute atomic E-state index is 14.3. The molecule has 26 heavy (non-hydrogen) atoms. The highest BCUT2D eigenvalue weighted by molar-refractivity contribution is 5.94. The Morgan fingerprint density at radius 3 is 2.27 bits per heavy atom. The molecule has 6 nitrogen and oxygen atoms in total. The predicted molar refractivity (Wildman–Crippen MR) is 93.7 cm³/mol. The van der Waals surface area contributed by atoms with Crippen molar-refractivity contribution in [1.82, 2.24) is 4.90 Å². The zero-order valence-corrected chi connectivity index (χ0v) is 14.8. The molecule has 3 rings (SSSR count). The Morgan fingerprint density at radius 2 is 1.81 bits per heavy atom. The Bertz CT molecular complexity index is 737. The Labute approximate surface area is 151 Å². The van der Waals surface area contributed by atoms with Crippen LogP contribution >= 0.6 is 0 Å². The Balaban J connectivity index is 1.60. The van der Waals surface area contributed by atoms with Crippen LogP contribution in [0.4, 0.5) is 10.1 Å². The summed E-state index contributed by atoms with van der Waals surface area (Å²) in [6, 6.07) is 4.44. The standard InChI is InChI=1S/C19H23FN2O4/c1-13(23)14-3-4-16(15(20)11-14)21-7-9-22(10-8-21)17(24)12-19(18(25)26)5-2-6-19/h3-4,11H,2,5-10,12H2,1H3,(H,25,26). The molecule has 1 aliphatic carbocycles. The molecule has 1 amide bonds. The second-order valence-corrected chi connectivity index (χ2v) is 7.21. The zero-order chi connectivity index (χ0) is 18.9. The number of Topliss-reactive ketones (excluding diaryl/α,β-unsaturated/α-hetero) is 1. The van der Waals surface area contributed by atoms with Gasteiger partial charge in [-0.25, -0.2) is 4.39 Å². The van der Waals surface area contributed by atoms with E-state index in [0.29, 0.717) is 50.3 Å². The number of aliphatic carboxylic acids is 1. The third kappa shape index (κ3) is 3.43. The summed E-state index contributed by atoms with van der Waals surface area (Å²) >= 11 is 0. The monoisotopic (exact) mass is 362 g/mol. The molecule has 1 heterocycles. The Morgan fingerprint density at radius 1 is 1.15 bits per heavy atom. The van der Waals surface area contributed by atoms with Crippen LogP contribution in [0.1, 0.15) is 43.0 Å². The lowest BCUT2D eigenvalue weighted by Gasteiger charge is -2.41. The van der Waals surface area contributed by atoms with Gasteiger partial charge in [-0.2, -0.15) is 0 Å². The van der Waals surface area contributed by atoms with E-state index < -0.39 is 17.2 Å². The van der Waals surface area contributed by atoms with Crippen molar-refractivity contribution in [2.75, 3.05) is 31.1 Å². The van der Waals surface area contributed by atoms with Gasteiger partial charge in [0.1, 0.15) is 5.82 Å². The topological polar surface area (TPSA) is 77.9 Å². The predicted octanol–water partition coefficient (Wildman–Crippen LogP) is 2.32. The van der Waals surface area contributed by atoms with E-state index >= 15 is 0 Å². The highest BCUT2D eigenvalue weighted by Crippen LogP contribution is 2.44. The van der Waals surface area contributed by atoms with E-state index in [1.807, 2.05) is 4.90 Å². The van der Waals surface area contributed by atoms with Crippen molar-refractivity contribution in [1.29, 1.82) is 0 Å². The van der Waals surface area contributed by atoms with Crippen LogP contribution in [0.25, 0.3) is 0 Å². The summed E-state index contributed by atoms with van der Waals surface area (Å²) in [5.41, 5.74) is -0.134. The van der Waals surface area contributed by atoms with Crippen molar-refractivity contribution in [2.45, 2.75) is 32.6 Å². The summed E-state index contributed by atoms with van der Waals surface area (Å²) < 4.78 is 14.3. The van der Waals surface area contributed by atoms with Crippen molar-refractivity contribution >= 4 is 23.3 Å². The van der Waals surface area contributed by atoms with Crippen LogP contribution in [0.3, 0.4) is 0 Å². The summed E-state index contributed by atoms with van der Waals surface area (Å²) in [7, 11) is 0. The lowest BCUT2D eigenvalue weighted by molar-refractivity contribution is -0.159. The molecular formula is C19H23FN2O4. The number of halogens is 1. The Hall–Kier alpha value is -2.44. The lowest BCUT2D eigenvalue weighted by atomic mass is 9.66. The average Bonchev–Trinajstić information content (AvgIpc) is 2.57. The van der Waals surface area contributed by atoms with Crippen LogP contribution in [0, 0.1) is 11.2 Å². The normalized spacial score (nSPS) is 19.0. The molecule has 0 aromatic heterocycles. The number of carbonyl (C=O) groups is 3. The Kier molecular flexibility index (Phi) is 4.98. The first-order valence-corrected chi connectivity index (χ1v) is 8.89. The fraction of sp³-hybridized carbons (Fsp3) is 0.526. The molecule has 0 bridgehead atoms. The fourth-order valence-corrected chi connectivity index (χ4v) is 3.65. The van der Waals surface area contributed by atoms with E-state index in [9.17, 15) is 23.9 Å². The molecule has 7 heteroatoms. The van der Waals surface area contributed by atoms with Gasteiger partial charge in [0.25, 0.3) is 0 Å². The third-order valence-corrected chi connectivity index (χ3v) is 5.58. The van der Waals surface area contributed by atoms with Gasteiger partial charge in [0, 0.05) is 38.2 Å². The van der Waals surface area contributed by atoms with Gasteiger partial charge in [0.2, 0.25) is 5.91 Å². The van der Waals surface area contributed by atoms with E-state index in [1.54, 1.807) is 17.0 Å². The maximum atomic E-state index is 14.3. The molecular weight excluding hydrogens is 339 g/mol. The molecule has 1 N–H and O–H groups in total. The van der Waals surface area contributed by atoms with Crippen LogP contribution < -0.4 is 4.90 Å². The van der Waals surface area contributed by atoms with E-state index in [2.05, 4.69) is 0 Å². The first kappa shape index (κ1) is 18.4. The minimum atomic E-state index is -0.886. The summed E-state index contributed by atoms with van der Waals surface area (Å²) in [4.78, 5) is 38.7. The van der Waals surface area contributed by atoms with E-state index in [1.165, 1.54) is 13.0 Å². The number of anilines is 1. The zero-order valence-electron chi connectivity index (χ0n) is 14.8. The molecule has 1 saturated heterocycles. The van der Waals surface area contributed by atoms with Gasteiger partial charge in [-0.3, -0.25) is 14.4 Å². The third-order valence-electron chi connectivity index (χ3n) is 5.58. The number of carboxylic acids is 1. The van der Waals surface area contributed by atoms with Gasteiger partial charge < -0.3 is 14.9 Å². The highest BCUT2D eigenvalue weighted by atomic mass is 19.1. The minimum Gasteiger partial charge on any atom is -0.481 e.